The van der Waals surface area contributed by atoms with Gasteiger partial charge in [0.2, 0.25) is 0 Å². The predicted octanol–water partition coefficient (Wildman–Crippen LogP) is 11.5. The molecule has 5 nitrogen and oxygen atoms in total. The highest BCUT2D eigenvalue weighted by Gasteiger charge is 2.20. The van der Waals surface area contributed by atoms with Gasteiger partial charge in [-0.2, -0.15) is 0 Å². The first-order valence-corrected chi connectivity index (χ1v) is 17.4. The lowest BCUT2D eigenvalue weighted by Crippen LogP contribution is -1.99. The minimum atomic E-state index is 0.678. The van der Waals surface area contributed by atoms with E-state index in [0.29, 0.717) is 5.82 Å². The summed E-state index contributed by atoms with van der Waals surface area (Å²) in [6.45, 7) is 0. The van der Waals surface area contributed by atoms with Gasteiger partial charge in [0.1, 0.15) is 10.6 Å². The summed E-state index contributed by atoms with van der Waals surface area (Å²) in [5, 5.41) is 10.7. The predicted molar refractivity (Wildman–Crippen MR) is 208 cm³/mol. The van der Waals surface area contributed by atoms with Gasteiger partial charge in [-0.25, -0.2) is 15.0 Å². The maximum atomic E-state index is 5.25. The van der Waals surface area contributed by atoms with Crippen molar-refractivity contribution in [3.63, 3.8) is 0 Å². The lowest BCUT2D eigenvalue weighted by Gasteiger charge is -2.11. The van der Waals surface area contributed by atoms with Crippen LogP contribution in [0.5, 0.6) is 0 Å². The normalized spacial score (nSPS) is 12.0. The summed E-state index contributed by atoms with van der Waals surface area (Å²) in [7, 11) is 0. The second-order valence-electron chi connectivity index (χ2n) is 12.7. The van der Waals surface area contributed by atoms with E-state index in [-0.39, 0.29) is 0 Å². The van der Waals surface area contributed by atoms with Crippen molar-refractivity contribution in [2.75, 3.05) is 0 Å². The van der Waals surface area contributed by atoms with Gasteiger partial charge in [-0.15, -0.1) is 11.3 Å². The largest absolute Gasteiger partial charge is 0.294 e. The van der Waals surface area contributed by atoms with Gasteiger partial charge < -0.3 is 0 Å². The second-order valence-corrected chi connectivity index (χ2v) is 13.8. The molecule has 50 heavy (non-hydrogen) atoms. The molecule has 232 valence electrons. The van der Waals surface area contributed by atoms with Crippen molar-refractivity contribution in [1.82, 2.24) is 24.5 Å². The van der Waals surface area contributed by atoms with Gasteiger partial charge in [-0.1, -0.05) is 91.0 Å². The quantitative estimate of drug-likeness (QED) is 0.190. The van der Waals surface area contributed by atoms with Crippen LogP contribution < -0.4 is 0 Å². The minimum absolute atomic E-state index is 0.678. The Balaban J connectivity index is 1.14. The number of benzene rings is 6. The molecular formula is C44H25N5S. The third kappa shape index (κ3) is 4.06. The van der Waals surface area contributed by atoms with E-state index >= 15 is 0 Å². The van der Waals surface area contributed by atoms with E-state index in [9.17, 15) is 0 Å². The van der Waals surface area contributed by atoms with Crippen molar-refractivity contribution in [3.05, 3.63) is 152 Å². The Morgan fingerprint density at radius 2 is 1.26 bits per heavy atom. The van der Waals surface area contributed by atoms with Crippen molar-refractivity contribution in [3.8, 4) is 28.5 Å². The number of hydrogen-bond acceptors (Lipinski definition) is 5. The number of aromatic nitrogens is 5. The van der Waals surface area contributed by atoms with Crippen LogP contribution in [0.25, 0.3) is 103 Å². The monoisotopic (exact) mass is 655 g/mol. The third-order valence-corrected chi connectivity index (χ3v) is 10.9. The number of hydrogen-bond donors (Lipinski definition) is 0. The topological polar surface area (TPSA) is 56.5 Å². The highest BCUT2D eigenvalue weighted by molar-refractivity contribution is 7.25. The lowest BCUT2D eigenvalue weighted by molar-refractivity contribution is 1.08. The minimum Gasteiger partial charge on any atom is -0.294 e. The molecule has 11 aromatic rings. The smallest absolute Gasteiger partial charge is 0.161 e. The third-order valence-electron chi connectivity index (χ3n) is 9.88. The standard InChI is InChI=1S/C44H25N5S/c1-2-10-29-24-37-34(22-28(29)9-1)40-32-12-4-3-8-26(32)17-19-36(40)49(37)39-20-18-31(25-46-39)42-41-33-13-5-6-14-38(33)50-44(41)48-43(47-42)30-16-15-27-11-7-21-45-35(27)23-30/h1-25H. The molecule has 6 heteroatoms. The maximum Gasteiger partial charge on any atom is 0.161 e. The zero-order valence-electron chi connectivity index (χ0n) is 26.6. The molecule has 0 unspecified atom stereocenters. The van der Waals surface area contributed by atoms with Gasteiger partial charge in [0, 0.05) is 55.2 Å². The Labute approximate surface area is 289 Å². The van der Waals surface area contributed by atoms with Crippen molar-refractivity contribution in [2.45, 2.75) is 0 Å². The molecule has 5 heterocycles. The van der Waals surface area contributed by atoms with Gasteiger partial charge in [-0.05, 0) is 70.1 Å². The molecule has 0 spiro atoms. The first-order valence-electron chi connectivity index (χ1n) is 16.6. The number of pyridine rings is 2. The first-order chi connectivity index (χ1) is 24.8. The van der Waals surface area contributed by atoms with Crippen molar-refractivity contribution in [1.29, 1.82) is 0 Å². The summed E-state index contributed by atoms with van der Waals surface area (Å²) in [5.41, 5.74) is 5.95. The van der Waals surface area contributed by atoms with Crippen molar-refractivity contribution >= 4 is 85.9 Å². The number of fused-ring (bicyclic) bond motifs is 10. The van der Waals surface area contributed by atoms with Crippen LogP contribution in [0.4, 0.5) is 0 Å². The van der Waals surface area contributed by atoms with E-state index in [4.69, 9.17) is 15.0 Å². The van der Waals surface area contributed by atoms with Gasteiger partial charge in [0.15, 0.2) is 5.82 Å². The van der Waals surface area contributed by atoms with Crippen LogP contribution >= 0.6 is 11.3 Å². The summed E-state index contributed by atoms with van der Waals surface area (Å²) < 4.78 is 3.49. The summed E-state index contributed by atoms with van der Waals surface area (Å²) >= 11 is 1.70. The molecule has 0 amide bonds. The molecule has 0 saturated carbocycles. The fourth-order valence-corrected chi connectivity index (χ4v) is 8.62. The van der Waals surface area contributed by atoms with E-state index in [2.05, 4.69) is 143 Å². The molecular weight excluding hydrogens is 631 g/mol. The van der Waals surface area contributed by atoms with E-state index in [1.165, 1.54) is 37.0 Å². The van der Waals surface area contributed by atoms with Crippen LogP contribution in [-0.4, -0.2) is 24.5 Å². The van der Waals surface area contributed by atoms with E-state index in [1.807, 2.05) is 18.5 Å². The second kappa shape index (κ2) is 10.5. The zero-order valence-corrected chi connectivity index (χ0v) is 27.4. The Morgan fingerprint density at radius 1 is 0.500 bits per heavy atom. The van der Waals surface area contributed by atoms with Crippen molar-refractivity contribution in [2.24, 2.45) is 0 Å². The van der Waals surface area contributed by atoms with Crippen molar-refractivity contribution < 1.29 is 0 Å². The number of rotatable bonds is 3. The zero-order chi connectivity index (χ0) is 32.8. The Hall–Kier alpha value is -6.50. The number of nitrogens with zero attached hydrogens (tertiary/aromatic N) is 5. The van der Waals surface area contributed by atoms with Crippen LogP contribution in [0, 0.1) is 0 Å². The molecule has 6 aromatic carbocycles. The Morgan fingerprint density at radius 3 is 2.14 bits per heavy atom. The lowest BCUT2D eigenvalue weighted by atomic mass is 10.0. The summed E-state index contributed by atoms with van der Waals surface area (Å²) in [5.74, 6) is 1.54. The first kappa shape index (κ1) is 27.5. The van der Waals surface area contributed by atoms with Gasteiger partial charge in [0.05, 0.1) is 22.2 Å². The Bertz CT molecular complexity index is 3160. The molecule has 5 aromatic heterocycles. The maximum absolute atomic E-state index is 5.25. The number of thiophene rings is 1. The molecule has 0 saturated heterocycles. The average molecular weight is 656 g/mol. The molecule has 0 bridgehead atoms. The fourth-order valence-electron chi connectivity index (χ4n) is 7.54. The van der Waals surface area contributed by atoms with Gasteiger partial charge in [-0.3, -0.25) is 9.55 Å². The summed E-state index contributed by atoms with van der Waals surface area (Å²) in [6.07, 6.45) is 3.79. The summed E-state index contributed by atoms with van der Waals surface area (Å²) in [4.78, 5) is 21.1. The summed E-state index contributed by atoms with van der Waals surface area (Å²) in [6, 6.07) is 49.3. The van der Waals surface area contributed by atoms with Crippen LogP contribution in [0.15, 0.2) is 152 Å². The van der Waals surface area contributed by atoms with E-state index in [0.717, 1.165) is 60.2 Å². The van der Waals surface area contributed by atoms with Gasteiger partial charge in [0.25, 0.3) is 0 Å². The van der Waals surface area contributed by atoms with E-state index < -0.39 is 0 Å². The molecule has 11 rings (SSSR count). The highest BCUT2D eigenvalue weighted by Crippen LogP contribution is 2.41. The average Bonchev–Trinajstić information content (AvgIpc) is 3.72. The molecule has 0 aliphatic carbocycles. The molecule has 0 aliphatic heterocycles. The molecule has 0 aliphatic rings. The molecule has 0 radical (unpaired) electrons. The van der Waals surface area contributed by atoms with Crippen LogP contribution in [0.2, 0.25) is 0 Å². The fraction of sp³-hybridized carbons (Fsp3) is 0. The SMILES string of the molecule is c1ccc2cc3c(cc2c1)c1c2ccccc2ccc1n3-c1ccc(-c2nc(-c3ccc4cccnc4c3)nc3sc4ccccc4c23)cn1. The highest BCUT2D eigenvalue weighted by atomic mass is 32.1. The Kier molecular flexibility index (Phi) is 5.76. The molecule has 0 N–H and O–H groups in total. The van der Waals surface area contributed by atoms with E-state index in [1.54, 1.807) is 11.3 Å². The van der Waals surface area contributed by atoms with Gasteiger partial charge >= 0.3 is 0 Å². The van der Waals surface area contributed by atoms with Crippen LogP contribution in [0.3, 0.4) is 0 Å². The van der Waals surface area contributed by atoms with Crippen LogP contribution in [0.1, 0.15) is 0 Å². The van der Waals surface area contributed by atoms with Crippen LogP contribution in [-0.2, 0) is 0 Å². The molecule has 0 fully saturated rings. The molecule has 0 atom stereocenters.